The van der Waals surface area contributed by atoms with Crippen molar-refractivity contribution in [2.75, 3.05) is 13.1 Å². The summed E-state index contributed by atoms with van der Waals surface area (Å²) in [6.07, 6.45) is 0.0661. The molecule has 2 heterocycles. The van der Waals surface area contributed by atoms with E-state index in [-0.39, 0.29) is 22.8 Å². The van der Waals surface area contributed by atoms with Crippen molar-refractivity contribution in [3.63, 3.8) is 0 Å². The summed E-state index contributed by atoms with van der Waals surface area (Å²) in [5, 5.41) is 21.0. The molecule has 0 spiro atoms. The number of aromatic nitrogens is 2. The number of nitrogens with zero attached hydrogens (tertiary/aromatic N) is 3. The van der Waals surface area contributed by atoms with Crippen LogP contribution < -0.4 is 10.1 Å². The Bertz CT molecular complexity index is 577. The Morgan fingerprint density at radius 2 is 2.18 bits per heavy atom. The van der Waals surface area contributed by atoms with Crippen molar-refractivity contribution in [1.29, 1.82) is 0 Å². The third-order valence-corrected chi connectivity index (χ3v) is 2.59. The minimum atomic E-state index is -0.527. The first-order valence-corrected chi connectivity index (χ1v) is 5.03. The van der Waals surface area contributed by atoms with Crippen molar-refractivity contribution in [2.45, 2.75) is 6.10 Å². The van der Waals surface area contributed by atoms with Crippen molar-refractivity contribution >= 4 is 16.7 Å². The van der Waals surface area contributed by atoms with Crippen LogP contribution in [0, 0.1) is 10.1 Å². The first-order valence-electron chi connectivity index (χ1n) is 5.03. The molecule has 2 aromatic rings. The van der Waals surface area contributed by atoms with Crippen molar-refractivity contribution < 1.29 is 14.3 Å². The van der Waals surface area contributed by atoms with Gasteiger partial charge in [-0.15, -0.1) is 0 Å². The van der Waals surface area contributed by atoms with Gasteiger partial charge in [0.25, 0.3) is 0 Å². The summed E-state index contributed by atoms with van der Waals surface area (Å²) in [6, 6.07) is 2.86. The van der Waals surface area contributed by atoms with Crippen LogP contribution in [0.25, 0.3) is 11.0 Å². The molecule has 1 aromatic carbocycles. The number of rotatable bonds is 3. The van der Waals surface area contributed by atoms with Gasteiger partial charge in [0.15, 0.2) is 11.3 Å². The van der Waals surface area contributed by atoms with Crippen LogP contribution in [-0.2, 0) is 0 Å². The molecular weight excluding hydrogens is 228 g/mol. The minimum absolute atomic E-state index is 0.0661. The van der Waals surface area contributed by atoms with Crippen LogP contribution in [0.2, 0.25) is 0 Å². The average Bonchev–Trinajstić information content (AvgIpc) is 2.71. The van der Waals surface area contributed by atoms with E-state index in [9.17, 15) is 10.1 Å². The quantitative estimate of drug-likeness (QED) is 0.610. The van der Waals surface area contributed by atoms with Crippen LogP contribution in [0.3, 0.4) is 0 Å². The maximum Gasteiger partial charge on any atom is 0.301 e. The minimum Gasteiger partial charge on any atom is -0.485 e. The number of hydrogen-bond donors (Lipinski definition) is 1. The number of benzene rings is 1. The number of nitrogens with one attached hydrogen (secondary N) is 1. The van der Waals surface area contributed by atoms with Crippen molar-refractivity contribution in [3.8, 4) is 5.75 Å². The molecule has 8 nitrogen and oxygen atoms in total. The Labute approximate surface area is 94.7 Å². The molecule has 17 heavy (non-hydrogen) atoms. The van der Waals surface area contributed by atoms with E-state index in [1.807, 2.05) is 0 Å². The Hall–Kier alpha value is -2.22. The lowest BCUT2D eigenvalue weighted by Crippen LogP contribution is -2.50. The molecule has 0 amide bonds. The van der Waals surface area contributed by atoms with E-state index in [4.69, 9.17) is 4.74 Å². The van der Waals surface area contributed by atoms with Crippen LogP contribution in [0.1, 0.15) is 0 Å². The van der Waals surface area contributed by atoms with E-state index < -0.39 is 4.92 Å². The van der Waals surface area contributed by atoms with Crippen LogP contribution >= 0.6 is 0 Å². The third-order valence-electron chi connectivity index (χ3n) is 2.59. The van der Waals surface area contributed by atoms with Gasteiger partial charge in [-0.1, -0.05) is 0 Å². The molecule has 1 aliphatic rings. The lowest BCUT2D eigenvalue weighted by Gasteiger charge is -2.27. The zero-order valence-electron chi connectivity index (χ0n) is 8.62. The van der Waals surface area contributed by atoms with E-state index in [0.717, 1.165) is 13.1 Å². The molecule has 0 aliphatic carbocycles. The molecule has 1 fully saturated rings. The number of non-ortho nitro benzene ring substituents is 1. The van der Waals surface area contributed by atoms with Gasteiger partial charge >= 0.3 is 5.69 Å². The van der Waals surface area contributed by atoms with E-state index in [1.165, 1.54) is 12.1 Å². The molecule has 88 valence electrons. The molecule has 0 bridgehead atoms. The smallest absolute Gasteiger partial charge is 0.301 e. The molecule has 0 atom stereocenters. The lowest BCUT2D eigenvalue weighted by atomic mass is 10.2. The molecule has 0 saturated carbocycles. The first kappa shape index (κ1) is 9.97. The normalized spacial score (nSPS) is 15.8. The summed E-state index contributed by atoms with van der Waals surface area (Å²) in [5.41, 5.74) is 0.256. The Morgan fingerprint density at radius 3 is 2.82 bits per heavy atom. The summed E-state index contributed by atoms with van der Waals surface area (Å²) in [6.45, 7) is 1.51. The monoisotopic (exact) mass is 236 g/mol. The largest absolute Gasteiger partial charge is 0.485 e. The maximum absolute atomic E-state index is 10.8. The molecule has 8 heteroatoms. The number of hydrogen-bond acceptors (Lipinski definition) is 7. The summed E-state index contributed by atoms with van der Waals surface area (Å²) < 4.78 is 10.1. The average molecular weight is 236 g/mol. The van der Waals surface area contributed by atoms with Gasteiger partial charge in [0.2, 0.25) is 5.52 Å². The standard InChI is InChI=1S/C9H8N4O4/c14-13(15)6-1-2-7(16-5-3-10-4-5)9-8(6)11-17-12-9/h1-2,5,10H,3-4H2. The summed E-state index contributed by atoms with van der Waals surface area (Å²) >= 11 is 0. The second-order valence-corrected chi connectivity index (χ2v) is 3.70. The molecule has 1 saturated heterocycles. The van der Waals surface area contributed by atoms with Crippen LogP contribution in [0.4, 0.5) is 5.69 Å². The highest BCUT2D eigenvalue weighted by atomic mass is 16.6. The van der Waals surface area contributed by atoms with Crippen LogP contribution in [0.15, 0.2) is 16.8 Å². The number of fused-ring (bicyclic) bond motifs is 1. The van der Waals surface area contributed by atoms with E-state index in [1.54, 1.807) is 0 Å². The van der Waals surface area contributed by atoms with Crippen molar-refractivity contribution in [3.05, 3.63) is 22.2 Å². The molecule has 1 aliphatic heterocycles. The predicted octanol–water partition coefficient (Wildman–Crippen LogP) is 0.482. The summed E-state index contributed by atoms with van der Waals surface area (Å²) in [5.74, 6) is 0.457. The van der Waals surface area contributed by atoms with E-state index >= 15 is 0 Å². The highest BCUT2D eigenvalue weighted by Crippen LogP contribution is 2.31. The fourth-order valence-electron chi connectivity index (χ4n) is 1.60. The Balaban J connectivity index is 2.04. The van der Waals surface area contributed by atoms with Gasteiger partial charge in [-0.2, -0.15) is 0 Å². The maximum atomic E-state index is 10.8. The topological polar surface area (TPSA) is 103 Å². The van der Waals surface area contributed by atoms with Crippen molar-refractivity contribution in [2.24, 2.45) is 0 Å². The lowest BCUT2D eigenvalue weighted by molar-refractivity contribution is -0.383. The van der Waals surface area contributed by atoms with Gasteiger partial charge in [-0.3, -0.25) is 10.1 Å². The van der Waals surface area contributed by atoms with Gasteiger partial charge in [-0.25, -0.2) is 4.63 Å². The predicted molar refractivity (Wildman–Crippen MR) is 55.7 cm³/mol. The zero-order valence-corrected chi connectivity index (χ0v) is 8.62. The molecule has 1 aromatic heterocycles. The molecule has 3 rings (SSSR count). The highest BCUT2D eigenvalue weighted by Gasteiger charge is 2.24. The third kappa shape index (κ3) is 1.58. The van der Waals surface area contributed by atoms with E-state index in [2.05, 4.69) is 20.3 Å². The van der Waals surface area contributed by atoms with Gasteiger partial charge in [0.05, 0.1) is 4.92 Å². The van der Waals surface area contributed by atoms with Gasteiger partial charge in [0, 0.05) is 19.2 Å². The summed E-state index contributed by atoms with van der Waals surface area (Å²) in [4.78, 5) is 10.2. The Kier molecular flexibility index (Phi) is 2.15. The van der Waals surface area contributed by atoms with E-state index in [0.29, 0.717) is 5.75 Å². The SMILES string of the molecule is O=[N+]([O-])c1ccc(OC2CNC2)c2nonc12. The number of nitro groups is 1. The zero-order chi connectivity index (χ0) is 11.8. The fraction of sp³-hybridized carbons (Fsp3) is 0.333. The molecule has 1 N–H and O–H groups in total. The van der Waals surface area contributed by atoms with Crippen molar-refractivity contribution in [1.82, 2.24) is 15.6 Å². The number of nitro benzene ring substituents is 1. The molecular formula is C9H8N4O4. The van der Waals surface area contributed by atoms with Gasteiger partial charge < -0.3 is 10.1 Å². The van der Waals surface area contributed by atoms with Gasteiger partial charge in [0.1, 0.15) is 6.10 Å². The highest BCUT2D eigenvalue weighted by molar-refractivity contribution is 5.88. The molecule has 0 unspecified atom stereocenters. The second-order valence-electron chi connectivity index (χ2n) is 3.70. The van der Waals surface area contributed by atoms with Gasteiger partial charge in [-0.05, 0) is 16.4 Å². The summed E-state index contributed by atoms with van der Waals surface area (Å²) in [7, 11) is 0. The first-order chi connectivity index (χ1) is 8.25. The second kappa shape index (κ2) is 3.67. The Morgan fingerprint density at radius 1 is 1.41 bits per heavy atom. The fourth-order valence-corrected chi connectivity index (χ4v) is 1.60. The van der Waals surface area contributed by atoms with Crippen LogP contribution in [-0.4, -0.2) is 34.4 Å². The van der Waals surface area contributed by atoms with Crippen LogP contribution in [0.5, 0.6) is 5.75 Å². The number of ether oxygens (including phenoxy) is 1. The molecule has 0 radical (unpaired) electrons.